The number of benzene rings is 3. The van der Waals surface area contributed by atoms with Crippen molar-refractivity contribution in [3.05, 3.63) is 101 Å². The van der Waals surface area contributed by atoms with Crippen LogP contribution in [0, 0.1) is 5.82 Å². The summed E-state index contributed by atoms with van der Waals surface area (Å²) in [6.45, 7) is 1.77. The van der Waals surface area contributed by atoms with Gasteiger partial charge in [-0.25, -0.2) is 12.8 Å². The Morgan fingerprint density at radius 3 is 2.22 bits per heavy atom. The highest BCUT2D eigenvalue weighted by Crippen LogP contribution is 2.26. The molecule has 1 saturated heterocycles. The van der Waals surface area contributed by atoms with Crippen LogP contribution in [0.5, 0.6) is 0 Å². The summed E-state index contributed by atoms with van der Waals surface area (Å²) in [7, 11) is -1.98. The van der Waals surface area contributed by atoms with E-state index in [0.29, 0.717) is 37.2 Å². The molecule has 3 aromatic rings. The molecule has 218 valence electrons. The Bertz CT molecular complexity index is 1390. The Morgan fingerprint density at radius 1 is 0.951 bits per heavy atom. The first kappa shape index (κ1) is 30.4. The zero-order valence-electron chi connectivity index (χ0n) is 23.2. The number of ether oxygens (including phenoxy) is 1. The van der Waals surface area contributed by atoms with Gasteiger partial charge in [-0.15, -0.1) is 0 Å². The first-order chi connectivity index (χ1) is 19.8. The topological polar surface area (TPSA) is 96.0 Å². The summed E-state index contributed by atoms with van der Waals surface area (Å²) in [6.07, 6.45) is 2.17. The van der Waals surface area contributed by atoms with Crippen LogP contribution in [-0.2, 0) is 37.3 Å². The van der Waals surface area contributed by atoms with Crippen LogP contribution in [0.4, 0.5) is 4.39 Å². The Labute approximate surface area is 241 Å². The van der Waals surface area contributed by atoms with Crippen molar-refractivity contribution in [1.82, 2.24) is 14.5 Å². The number of aryl methyl sites for hydroxylation is 1. The number of nitrogens with zero attached hydrogens (tertiary/aromatic N) is 2. The molecule has 0 radical (unpaired) electrons. The molecule has 3 aromatic carbocycles. The number of hydrogen-bond acceptors (Lipinski definition) is 5. The number of carbonyl (C=O) groups is 2. The van der Waals surface area contributed by atoms with Gasteiger partial charge in [0, 0.05) is 39.7 Å². The first-order valence-electron chi connectivity index (χ1n) is 13.7. The predicted molar refractivity (Wildman–Crippen MR) is 154 cm³/mol. The second-order valence-electron chi connectivity index (χ2n) is 10.0. The summed E-state index contributed by atoms with van der Waals surface area (Å²) in [5, 5.41) is 2.85. The summed E-state index contributed by atoms with van der Waals surface area (Å²) in [5.41, 5.74) is 2.14. The fourth-order valence-corrected chi connectivity index (χ4v) is 6.41. The SMILES string of the molecule is COCCNC(=O)[C@H](c1ccccc1)N(Cc1ccc(F)cc1)C(=O)CCc1ccc(S(=O)(=O)N2CCCC2)cc1. The minimum atomic E-state index is -3.52. The molecular formula is C31H36FN3O5S. The molecule has 1 atom stereocenters. The lowest BCUT2D eigenvalue weighted by atomic mass is 10.0. The average Bonchev–Trinajstić information content (AvgIpc) is 3.54. The van der Waals surface area contributed by atoms with Gasteiger partial charge in [-0.05, 0) is 60.2 Å². The fourth-order valence-electron chi connectivity index (χ4n) is 4.89. The summed E-state index contributed by atoms with van der Waals surface area (Å²) in [4.78, 5) is 29.0. The Balaban J connectivity index is 1.55. The maximum absolute atomic E-state index is 13.8. The van der Waals surface area contributed by atoms with Crippen LogP contribution >= 0.6 is 0 Å². The molecule has 0 spiro atoms. The maximum atomic E-state index is 13.8. The molecule has 1 fully saturated rings. The quantitative estimate of drug-likeness (QED) is 0.307. The molecule has 1 aliphatic rings. The van der Waals surface area contributed by atoms with Crippen LogP contribution in [-0.4, -0.2) is 62.8 Å². The monoisotopic (exact) mass is 581 g/mol. The highest BCUT2D eigenvalue weighted by atomic mass is 32.2. The van der Waals surface area contributed by atoms with Crippen LogP contribution in [0.25, 0.3) is 0 Å². The molecule has 0 aromatic heterocycles. The number of methoxy groups -OCH3 is 1. The predicted octanol–water partition coefficient (Wildman–Crippen LogP) is 4.08. The summed E-state index contributed by atoms with van der Waals surface area (Å²) < 4.78 is 45.9. The lowest BCUT2D eigenvalue weighted by molar-refractivity contribution is -0.141. The molecule has 0 bridgehead atoms. The van der Waals surface area contributed by atoms with Crippen molar-refractivity contribution in [1.29, 1.82) is 0 Å². The van der Waals surface area contributed by atoms with Gasteiger partial charge in [0.05, 0.1) is 11.5 Å². The van der Waals surface area contributed by atoms with Crippen molar-refractivity contribution in [2.24, 2.45) is 0 Å². The average molecular weight is 582 g/mol. The normalized spacial score (nSPS) is 14.5. The molecule has 10 heteroatoms. The summed E-state index contributed by atoms with van der Waals surface area (Å²) >= 11 is 0. The van der Waals surface area contributed by atoms with E-state index in [4.69, 9.17) is 4.74 Å². The van der Waals surface area contributed by atoms with E-state index in [1.807, 2.05) is 18.2 Å². The minimum absolute atomic E-state index is 0.0914. The standard InChI is InChI=1S/C31H36FN3O5S/c1-40-22-19-33-31(37)30(26-7-3-2-4-8-26)35(23-25-9-14-27(32)15-10-25)29(36)18-13-24-11-16-28(17-12-24)41(38,39)34-20-5-6-21-34/h2-4,7-12,14-17,30H,5-6,13,18-23H2,1H3,(H,33,37)/t30-/m0/s1. The summed E-state index contributed by atoms with van der Waals surface area (Å²) in [6, 6.07) is 20.6. The summed E-state index contributed by atoms with van der Waals surface area (Å²) in [5.74, 6) is -1.00. The number of sulfonamides is 1. The van der Waals surface area contributed by atoms with Crippen molar-refractivity contribution in [2.75, 3.05) is 33.4 Å². The first-order valence-corrected chi connectivity index (χ1v) is 15.2. The number of hydrogen-bond donors (Lipinski definition) is 1. The van der Waals surface area contributed by atoms with Gasteiger partial charge in [-0.2, -0.15) is 4.31 Å². The van der Waals surface area contributed by atoms with E-state index in [-0.39, 0.29) is 36.2 Å². The van der Waals surface area contributed by atoms with Gasteiger partial charge < -0.3 is 15.0 Å². The molecule has 0 saturated carbocycles. The Kier molecular flexibility index (Phi) is 10.6. The van der Waals surface area contributed by atoms with Gasteiger partial charge in [0.2, 0.25) is 21.8 Å². The van der Waals surface area contributed by atoms with Crippen LogP contribution in [0.3, 0.4) is 0 Å². The Hall–Kier alpha value is -3.60. The fraction of sp³-hybridized carbons (Fsp3) is 0.355. The number of amides is 2. The number of nitrogens with one attached hydrogen (secondary N) is 1. The van der Waals surface area contributed by atoms with Crippen molar-refractivity contribution >= 4 is 21.8 Å². The molecule has 0 aliphatic carbocycles. The molecule has 41 heavy (non-hydrogen) atoms. The second kappa shape index (κ2) is 14.3. The molecule has 1 heterocycles. The maximum Gasteiger partial charge on any atom is 0.247 e. The van der Waals surface area contributed by atoms with E-state index in [0.717, 1.165) is 18.4 Å². The van der Waals surface area contributed by atoms with E-state index in [9.17, 15) is 22.4 Å². The van der Waals surface area contributed by atoms with Crippen molar-refractivity contribution in [3.8, 4) is 0 Å². The lowest BCUT2D eigenvalue weighted by Gasteiger charge is -2.32. The van der Waals surface area contributed by atoms with Gasteiger partial charge in [0.1, 0.15) is 11.9 Å². The van der Waals surface area contributed by atoms with Gasteiger partial charge in [-0.1, -0.05) is 54.6 Å². The molecule has 4 rings (SSSR count). The van der Waals surface area contributed by atoms with Crippen LogP contribution in [0.1, 0.15) is 42.0 Å². The van der Waals surface area contributed by atoms with E-state index >= 15 is 0 Å². The third kappa shape index (κ3) is 8.00. The molecule has 1 aliphatic heterocycles. The van der Waals surface area contributed by atoms with Crippen LogP contribution < -0.4 is 5.32 Å². The minimum Gasteiger partial charge on any atom is -0.383 e. The van der Waals surface area contributed by atoms with Gasteiger partial charge in [0.25, 0.3) is 0 Å². The third-order valence-electron chi connectivity index (χ3n) is 7.12. The largest absolute Gasteiger partial charge is 0.383 e. The number of halogens is 1. The Morgan fingerprint density at radius 2 is 1.59 bits per heavy atom. The molecule has 0 unspecified atom stereocenters. The van der Waals surface area contributed by atoms with Gasteiger partial charge >= 0.3 is 0 Å². The molecule has 8 nitrogen and oxygen atoms in total. The van der Waals surface area contributed by atoms with E-state index in [2.05, 4.69) is 5.32 Å². The highest BCUT2D eigenvalue weighted by molar-refractivity contribution is 7.89. The van der Waals surface area contributed by atoms with Crippen molar-refractivity contribution < 1.29 is 27.1 Å². The lowest BCUT2D eigenvalue weighted by Crippen LogP contribution is -2.44. The second-order valence-corrected chi connectivity index (χ2v) is 11.9. The number of rotatable bonds is 13. The van der Waals surface area contributed by atoms with E-state index < -0.39 is 21.9 Å². The smallest absolute Gasteiger partial charge is 0.247 e. The highest BCUT2D eigenvalue weighted by Gasteiger charge is 2.31. The number of carbonyl (C=O) groups excluding carboxylic acids is 2. The van der Waals surface area contributed by atoms with Crippen molar-refractivity contribution in [3.63, 3.8) is 0 Å². The van der Waals surface area contributed by atoms with Crippen molar-refractivity contribution in [2.45, 2.75) is 43.2 Å². The molecule has 1 N–H and O–H groups in total. The van der Waals surface area contributed by atoms with Crippen LogP contribution in [0.15, 0.2) is 83.8 Å². The zero-order chi connectivity index (χ0) is 29.2. The molecule has 2 amide bonds. The molecular weight excluding hydrogens is 545 g/mol. The van der Waals surface area contributed by atoms with Crippen LogP contribution in [0.2, 0.25) is 0 Å². The van der Waals surface area contributed by atoms with E-state index in [1.165, 1.54) is 21.3 Å². The third-order valence-corrected chi connectivity index (χ3v) is 9.03. The van der Waals surface area contributed by atoms with Gasteiger partial charge in [0.15, 0.2) is 0 Å². The zero-order valence-corrected chi connectivity index (χ0v) is 24.0. The van der Waals surface area contributed by atoms with E-state index in [1.54, 1.807) is 55.6 Å². The van der Waals surface area contributed by atoms with Gasteiger partial charge in [-0.3, -0.25) is 9.59 Å².